The zero-order chi connectivity index (χ0) is 19.3. The smallest absolute Gasteiger partial charge is 0.259 e. The molecule has 3 rings (SSSR count). The number of rotatable bonds is 6. The molecule has 2 fully saturated rings. The van der Waals surface area contributed by atoms with E-state index < -0.39 is 15.6 Å². The highest BCUT2D eigenvalue weighted by atomic mass is 32.2. The van der Waals surface area contributed by atoms with Crippen molar-refractivity contribution in [2.24, 2.45) is 0 Å². The van der Waals surface area contributed by atoms with Crippen LogP contribution in [0, 0.1) is 11.3 Å². The Morgan fingerprint density at radius 2 is 1.85 bits per heavy atom. The van der Waals surface area contributed by atoms with Crippen LogP contribution in [0.4, 0.5) is 0 Å². The molecule has 27 heavy (non-hydrogen) atoms. The van der Waals surface area contributed by atoms with Crippen molar-refractivity contribution < 1.29 is 22.7 Å². The van der Waals surface area contributed by atoms with E-state index in [-0.39, 0.29) is 17.4 Å². The van der Waals surface area contributed by atoms with E-state index in [1.165, 1.54) is 28.6 Å². The van der Waals surface area contributed by atoms with Crippen molar-refractivity contribution in [3.05, 3.63) is 24.3 Å². The first-order valence-corrected chi connectivity index (χ1v) is 10.4. The van der Waals surface area contributed by atoms with Crippen LogP contribution in [0.15, 0.2) is 29.2 Å². The summed E-state index contributed by atoms with van der Waals surface area (Å²) < 4.78 is 37.1. The Kier molecular flexibility index (Phi) is 5.99. The van der Waals surface area contributed by atoms with Gasteiger partial charge in [0.1, 0.15) is 11.3 Å². The van der Waals surface area contributed by atoms with Gasteiger partial charge in [0.25, 0.3) is 5.91 Å². The Balaban J connectivity index is 1.56. The van der Waals surface area contributed by atoms with Gasteiger partial charge >= 0.3 is 0 Å². The number of nitrogens with one attached hydrogen (secondary N) is 1. The number of ether oxygens (including phenoxy) is 2. The number of benzene rings is 1. The van der Waals surface area contributed by atoms with Crippen LogP contribution in [-0.4, -0.2) is 57.1 Å². The molecule has 0 radical (unpaired) electrons. The molecule has 1 saturated heterocycles. The fraction of sp³-hybridized carbons (Fsp3) is 0.556. The van der Waals surface area contributed by atoms with Crippen molar-refractivity contribution >= 4 is 15.9 Å². The lowest BCUT2D eigenvalue weighted by molar-refractivity contribution is -0.124. The first kappa shape index (κ1) is 19.6. The Morgan fingerprint density at radius 1 is 1.22 bits per heavy atom. The molecule has 0 atom stereocenters. The standard InChI is InChI=1S/C18H23N3O5S/c19-14-18(7-1-2-8-18)20-17(22)13-26-15-3-5-16(6-4-15)27(23,24)21-9-11-25-12-10-21/h3-6H,1-2,7-13H2,(H,20,22). The quantitative estimate of drug-likeness (QED) is 0.773. The van der Waals surface area contributed by atoms with Gasteiger partial charge in [-0.25, -0.2) is 8.42 Å². The van der Waals surface area contributed by atoms with Crippen LogP contribution in [0.3, 0.4) is 0 Å². The van der Waals surface area contributed by atoms with Crippen molar-refractivity contribution in [1.82, 2.24) is 9.62 Å². The molecule has 0 bridgehead atoms. The van der Waals surface area contributed by atoms with Crippen LogP contribution >= 0.6 is 0 Å². The molecule has 146 valence electrons. The van der Waals surface area contributed by atoms with E-state index >= 15 is 0 Å². The second kappa shape index (κ2) is 8.25. The number of carbonyl (C=O) groups excluding carboxylic acids is 1. The highest BCUT2D eigenvalue weighted by Crippen LogP contribution is 2.28. The molecule has 0 spiro atoms. The number of nitriles is 1. The summed E-state index contributed by atoms with van der Waals surface area (Å²) in [6, 6.07) is 8.17. The number of hydrogen-bond acceptors (Lipinski definition) is 6. The molecule has 1 heterocycles. The van der Waals surface area contributed by atoms with Crippen molar-refractivity contribution in [2.75, 3.05) is 32.9 Å². The van der Waals surface area contributed by atoms with Crippen LogP contribution in [-0.2, 0) is 19.6 Å². The van der Waals surface area contributed by atoms with Crippen LogP contribution in [0.1, 0.15) is 25.7 Å². The SMILES string of the molecule is N#CC1(NC(=O)COc2ccc(S(=O)(=O)N3CCOCC3)cc2)CCCC1. The zero-order valence-corrected chi connectivity index (χ0v) is 15.8. The lowest BCUT2D eigenvalue weighted by Gasteiger charge is -2.26. The zero-order valence-electron chi connectivity index (χ0n) is 15.0. The average Bonchev–Trinajstić information content (AvgIpc) is 3.16. The number of nitrogens with zero attached hydrogens (tertiary/aromatic N) is 2. The predicted octanol–water partition coefficient (Wildman–Crippen LogP) is 1.04. The van der Waals surface area contributed by atoms with Crippen LogP contribution in [0.5, 0.6) is 5.75 Å². The fourth-order valence-corrected chi connectivity index (χ4v) is 4.75. The maximum Gasteiger partial charge on any atom is 0.259 e. The van der Waals surface area contributed by atoms with E-state index in [4.69, 9.17) is 9.47 Å². The first-order chi connectivity index (χ1) is 13.0. The van der Waals surface area contributed by atoms with Crippen LogP contribution in [0.2, 0.25) is 0 Å². The topological polar surface area (TPSA) is 109 Å². The normalized spacial score (nSPS) is 20.0. The third kappa shape index (κ3) is 4.58. The second-order valence-corrected chi connectivity index (χ2v) is 8.66. The summed E-state index contributed by atoms with van der Waals surface area (Å²) in [4.78, 5) is 12.2. The molecule has 1 aromatic carbocycles. The lowest BCUT2D eigenvalue weighted by Crippen LogP contribution is -2.47. The minimum absolute atomic E-state index is 0.176. The van der Waals surface area contributed by atoms with Crippen LogP contribution in [0.25, 0.3) is 0 Å². The number of hydrogen-bond donors (Lipinski definition) is 1. The molecule has 2 aliphatic rings. The maximum absolute atomic E-state index is 12.6. The third-order valence-corrected chi connectivity index (χ3v) is 6.76. The number of amides is 1. The first-order valence-electron chi connectivity index (χ1n) is 8.98. The maximum atomic E-state index is 12.6. The Morgan fingerprint density at radius 3 is 2.44 bits per heavy atom. The minimum Gasteiger partial charge on any atom is -0.484 e. The molecule has 1 aromatic rings. The molecule has 1 aliphatic heterocycles. The van der Waals surface area contributed by atoms with Gasteiger partial charge in [0, 0.05) is 13.1 Å². The van der Waals surface area contributed by atoms with E-state index in [9.17, 15) is 18.5 Å². The molecule has 0 aromatic heterocycles. The highest BCUT2D eigenvalue weighted by Gasteiger charge is 2.35. The minimum atomic E-state index is -3.55. The molecule has 1 aliphatic carbocycles. The molecule has 8 nitrogen and oxygen atoms in total. The van der Waals surface area contributed by atoms with Crippen molar-refractivity contribution in [2.45, 2.75) is 36.1 Å². The van der Waals surface area contributed by atoms with Gasteiger partial charge in [-0.3, -0.25) is 4.79 Å². The summed E-state index contributed by atoms with van der Waals surface area (Å²) in [6.45, 7) is 1.22. The molecule has 1 saturated carbocycles. The van der Waals surface area contributed by atoms with Gasteiger partial charge in [0.15, 0.2) is 6.61 Å². The van der Waals surface area contributed by atoms with Crippen molar-refractivity contribution in [3.8, 4) is 11.8 Å². The van der Waals surface area contributed by atoms with Crippen LogP contribution < -0.4 is 10.1 Å². The summed E-state index contributed by atoms with van der Waals surface area (Å²) >= 11 is 0. The Bertz CT molecular complexity index is 804. The molecule has 1 amide bonds. The monoisotopic (exact) mass is 393 g/mol. The summed E-state index contributed by atoms with van der Waals surface area (Å²) in [7, 11) is -3.55. The van der Waals surface area contributed by atoms with E-state index in [1.807, 2.05) is 0 Å². The van der Waals surface area contributed by atoms with Gasteiger partial charge in [0.05, 0.1) is 24.2 Å². The van der Waals surface area contributed by atoms with Gasteiger partial charge in [-0.1, -0.05) is 0 Å². The van der Waals surface area contributed by atoms with E-state index in [0.29, 0.717) is 44.9 Å². The lowest BCUT2D eigenvalue weighted by atomic mass is 10.00. The summed E-state index contributed by atoms with van der Waals surface area (Å²) in [5.41, 5.74) is -0.781. The molecule has 0 unspecified atom stereocenters. The van der Waals surface area contributed by atoms with Crippen molar-refractivity contribution in [3.63, 3.8) is 0 Å². The van der Waals surface area contributed by atoms with E-state index in [2.05, 4.69) is 11.4 Å². The van der Waals surface area contributed by atoms with E-state index in [0.717, 1.165) is 12.8 Å². The number of morpholine rings is 1. The largest absolute Gasteiger partial charge is 0.484 e. The summed E-state index contributed by atoms with van der Waals surface area (Å²) in [5, 5.41) is 12.0. The fourth-order valence-electron chi connectivity index (χ4n) is 3.34. The highest BCUT2D eigenvalue weighted by molar-refractivity contribution is 7.89. The molecular formula is C18H23N3O5S. The van der Waals surface area contributed by atoms with Gasteiger partial charge in [0.2, 0.25) is 10.0 Å². The van der Waals surface area contributed by atoms with Gasteiger partial charge in [-0.15, -0.1) is 0 Å². The molecule has 9 heteroatoms. The second-order valence-electron chi connectivity index (χ2n) is 6.73. The number of sulfonamides is 1. The molecular weight excluding hydrogens is 370 g/mol. The summed E-state index contributed by atoms with van der Waals surface area (Å²) in [5.74, 6) is 0.0342. The third-order valence-electron chi connectivity index (χ3n) is 4.85. The predicted molar refractivity (Wildman–Crippen MR) is 96.5 cm³/mol. The average molecular weight is 393 g/mol. The number of carbonyl (C=O) groups is 1. The summed E-state index contributed by atoms with van der Waals surface area (Å²) in [6.07, 6.45) is 3.16. The van der Waals surface area contributed by atoms with Gasteiger partial charge in [-0.2, -0.15) is 9.57 Å². The van der Waals surface area contributed by atoms with Crippen molar-refractivity contribution in [1.29, 1.82) is 5.26 Å². The Hall–Kier alpha value is -2.15. The van der Waals surface area contributed by atoms with Gasteiger partial charge < -0.3 is 14.8 Å². The van der Waals surface area contributed by atoms with E-state index in [1.54, 1.807) is 0 Å². The Labute approximate surface area is 159 Å². The van der Waals surface area contributed by atoms with Gasteiger partial charge in [-0.05, 0) is 49.9 Å². The molecule has 1 N–H and O–H groups in total.